The van der Waals surface area contributed by atoms with Gasteiger partial charge in [-0.1, -0.05) is 41.7 Å². The summed E-state index contributed by atoms with van der Waals surface area (Å²) in [5.74, 6) is 0.365. The van der Waals surface area contributed by atoms with E-state index >= 15 is 0 Å². The number of carbonyl (C=O) groups excluding carboxylic acids is 1. The summed E-state index contributed by atoms with van der Waals surface area (Å²) >= 11 is 18.0. The van der Waals surface area contributed by atoms with Crippen LogP contribution in [0.4, 0.5) is 4.79 Å². The maximum Gasteiger partial charge on any atom is 0.469 e. The molecule has 0 fully saturated rings. The summed E-state index contributed by atoms with van der Waals surface area (Å²) in [4.78, 5) is 34.0. The Balaban J connectivity index is 0.000000461. The number of phosphoric ester groups is 1. The third kappa shape index (κ3) is 11.5. The van der Waals surface area contributed by atoms with Crippen molar-refractivity contribution in [3.05, 3.63) is 45.9 Å². The van der Waals surface area contributed by atoms with Gasteiger partial charge in [0, 0.05) is 24.0 Å². The first-order chi connectivity index (χ1) is 15.5. The van der Waals surface area contributed by atoms with Crippen LogP contribution in [0.1, 0.15) is 13.3 Å². The second-order valence-electron chi connectivity index (χ2n) is 6.41. The van der Waals surface area contributed by atoms with Gasteiger partial charge in [-0.2, -0.15) is 0 Å². The largest absolute Gasteiger partial charge is 0.489 e. The highest BCUT2D eigenvalue weighted by molar-refractivity contribution is 7.46. The van der Waals surface area contributed by atoms with Gasteiger partial charge in [-0.05, 0) is 18.6 Å². The number of aliphatic hydroxyl groups is 2. The highest BCUT2D eigenvalue weighted by Crippen LogP contribution is 2.36. The Morgan fingerprint density at radius 1 is 1.24 bits per heavy atom. The molecule has 2 rings (SSSR count). The first kappa shape index (κ1) is 29.6. The Labute approximate surface area is 205 Å². The number of halogens is 3. The van der Waals surface area contributed by atoms with E-state index in [1.54, 1.807) is 29.4 Å². The van der Waals surface area contributed by atoms with E-state index < -0.39 is 27.1 Å². The van der Waals surface area contributed by atoms with Crippen molar-refractivity contribution in [1.29, 1.82) is 0 Å². The second kappa shape index (κ2) is 14.8. The van der Waals surface area contributed by atoms with Gasteiger partial charge in [-0.25, -0.2) is 14.3 Å². The molecule has 0 aliphatic carbocycles. The van der Waals surface area contributed by atoms with Crippen LogP contribution in [0.15, 0.2) is 30.9 Å². The summed E-state index contributed by atoms with van der Waals surface area (Å²) in [6, 6.07) is 2.97. The van der Waals surface area contributed by atoms with Gasteiger partial charge < -0.3 is 29.6 Å². The maximum atomic E-state index is 12.3. The van der Waals surface area contributed by atoms with Gasteiger partial charge in [0.2, 0.25) is 0 Å². The predicted molar refractivity (Wildman–Crippen MR) is 123 cm³/mol. The highest BCUT2D eigenvalue weighted by atomic mass is 35.5. The molecule has 0 bridgehead atoms. The molecular weight excluding hydrogens is 524 g/mol. The molecule has 4 N–H and O–H groups in total. The topological polar surface area (TPSA) is 155 Å². The Kier molecular flexibility index (Phi) is 13.3. The number of aliphatic hydroxyl groups excluding tert-OH is 2. The third-order valence-corrected chi connectivity index (χ3v) is 4.97. The summed E-state index contributed by atoms with van der Waals surface area (Å²) in [6.45, 7) is 2.13. The number of nitrogens with zero attached hydrogens (tertiary/aromatic N) is 3. The average Bonchev–Trinajstić information content (AvgIpc) is 3.27. The summed E-state index contributed by atoms with van der Waals surface area (Å²) < 4.78 is 20.8. The van der Waals surface area contributed by atoms with Crippen LogP contribution in [0.2, 0.25) is 15.1 Å². The average molecular weight is 549 g/mol. The molecule has 1 amide bonds. The molecule has 0 aliphatic rings. The molecule has 2 aromatic rings. The summed E-state index contributed by atoms with van der Waals surface area (Å²) in [7, 11) is -4.50. The third-order valence-electron chi connectivity index (χ3n) is 3.71. The second-order valence-corrected chi connectivity index (χ2v) is 8.90. The fraction of sp³-hybridized carbons (Fsp3) is 0.444. The van der Waals surface area contributed by atoms with Gasteiger partial charge in [0.1, 0.15) is 19.0 Å². The lowest BCUT2D eigenvalue weighted by Gasteiger charge is -2.22. The van der Waals surface area contributed by atoms with Crippen molar-refractivity contribution >= 4 is 48.7 Å². The van der Waals surface area contributed by atoms with Gasteiger partial charge in [0.15, 0.2) is 5.75 Å². The van der Waals surface area contributed by atoms with Crippen molar-refractivity contribution in [1.82, 2.24) is 14.5 Å². The Morgan fingerprint density at radius 2 is 1.88 bits per heavy atom. The molecule has 0 spiro atoms. The smallest absolute Gasteiger partial charge is 0.469 e. The van der Waals surface area contributed by atoms with E-state index in [1.165, 1.54) is 10.9 Å². The molecule has 1 unspecified atom stereocenters. The number of phosphoric acid groups is 1. The van der Waals surface area contributed by atoms with E-state index in [0.29, 0.717) is 33.9 Å². The van der Waals surface area contributed by atoms with E-state index in [0.717, 1.165) is 6.42 Å². The monoisotopic (exact) mass is 547 g/mol. The zero-order valence-corrected chi connectivity index (χ0v) is 20.7. The summed E-state index contributed by atoms with van der Waals surface area (Å²) in [6.07, 6.45) is 4.24. The molecule has 11 nitrogen and oxygen atoms in total. The van der Waals surface area contributed by atoms with Gasteiger partial charge in [0.25, 0.3) is 0 Å². The van der Waals surface area contributed by atoms with Gasteiger partial charge in [0.05, 0.1) is 29.8 Å². The van der Waals surface area contributed by atoms with E-state index in [9.17, 15) is 9.36 Å². The molecule has 0 saturated heterocycles. The lowest BCUT2D eigenvalue weighted by Crippen LogP contribution is -2.37. The number of aromatic nitrogens is 2. The first-order valence-corrected chi connectivity index (χ1v) is 12.2. The van der Waals surface area contributed by atoms with Crippen molar-refractivity contribution in [2.24, 2.45) is 0 Å². The molecule has 0 radical (unpaired) electrons. The van der Waals surface area contributed by atoms with Crippen molar-refractivity contribution < 1.29 is 38.6 Å². The number of rotatable bonds is 10. The minimum absolute atomic E-state index is 0.152. The van der Waals surface area contributed by atoms with E-state index in [2.05, 4.69) is 9.51 Å². The Hall–Kier alpha value is -1.40. The SMILES string of the molecule is CCCN(CCOc1c(Cl)cc(Cl)cc1Cl)C(=O)n1ccnc1.O=P(O)(O)OCC(O)CO. The number of ether oxygens (including phenoxy) is 1. The van der Waals surface area contributed by atoms with Crippen molar-refractivity contribution in [2.75, 3.05) is 32.9 Å². The molecule has 1 aromatic carbocycles. The molecule has 1 heterocycles. The van der Waals surface area contributed by atoms with E-state index in [-0.39, 0.29) is 12.6 Å². The molecule has 1 aromatic heterocycles. The Morgan fingerprint density at radius 3 is 2.36 bits per heavy atom. The van der Waals surface area contributed by atoms with Crippen LogP contribution in [0.5, 0.6) is 5.75 Å². The van der Waals surface area contributed by atoms with Crippen LogP contribution < -0.4 is 4.74 Å². The summed E-state index contributed by atoms with van der Waals surface area (Å²) in [5, 5.41) is 17.8. The lowest BCUT2D eigenvalue weighted by atomic mass is 10.3. The van der Waals surface area contributed by atoms with Crippen molar-refractivity contribution in [3.63, 3.8) is 0 Å². The molecular formula is C18H25Cl3N3O8P. The molecule has 0 saturated carbocycles. The lowest BCUT2D eigenvalue weighted by molar-refractivity contribution is 0.0419. The standard InChI is InChI=1S/C15H16Cl3N3O2.C3H9O6P/c1-2-4-20(15(22)21-5-3-19-10-21)6-7-23-14-12(17)8-11(16)9-13(14)18;4-1-3(5)2-9-10(6,7)8/h3,5,8-10H,2,4,6-7H2,1H3;3-5H,1-2H2,(H2,6,7,8). The fourth-order valence-electron chi connectivity index (χ4n) is 2.27. The summed E-state index contributed by atoms with van der Waals surface area (Å²) in [5.41, 5.74) is 0. The number of imidazole rings is 1. The zero-order valence-electron chi connectivity index (χ0n) is 17.6. The van der Waals surface area contributed by atoms with Crippen molar-refractivity contribution in [2.45, 2.75) is 19.4 Å². The normalized spacial score (nSPS) is 12.0. The number of carbonyl (C=O) groups is 1. The van der Waals surface area contributed by atoms with E-state index in [1.807, 2.05) is 6.92 Å². The molecule has 186 valence electrons. The maximum absolute atomic E-state index is 12.3. The van der Waals surface area contributed by atoms with Crippen LogP contribution in [0.3, 0.4) is 0 Å². The van der Waals surface area contributed by atoms with E-state index in [4.69, 9.17) is 59.5 Å². The fourth-order valence-corrected chi connectivity index (χ4v) is 3.56. The number of amides is 1. The van der Waals surface area contributed by atoms with Gasteiger partial charge in [-0.15, -0.1) is 0 Å². The minimum Gasteiger partial charge on any atom is -0.489 e. The zero-order chi connectivity index (χ0) is 25.0. The van der Waals surface area contributed by atoms with Crippen LogP contribution in [-0.2, 0) is 9.09 Å². The van der Waals surface area contributed by atoms with Crippen LogP contribution in [0, 0.1) is 0 Å². The number of hydrogen-bond donors (Lipinski definition) is 4. The predicted octanol–water partition coefficient (Wildman–Crippen LogP) is 3.05. The quantitative estimate of drug-likeness (QED) is 0.328. The molecule has 0 aliphatic heterocycles. The van der Waals surface area contributed by atoms with Crippen LogP contribution in [0.25, 0.3) is 0 Å². The van der Waals surface area contributed by atoms with Gasteiger partial charge >= 0.3 is 13.9 Å². The van der Waals surface area contributed by atoms with Crippen LogP contribution in [-0.4, -0.2) is 79.5 Å². The molecule has 15 heteroatoms. The molecule has 1 atom stereocenters. The number of benzene rings is 1. The number of hydrogen-bond acceptors (Lipinski definition) is 7. The van der Waals surface area contributed by atoms with Crippen molar-refractivity contribution in [3.8, 4) is 5.75 Å². The van der Waals surface area contributed by atoms with Gasteiger partial charge in [-0.3, -0.25) is 9.09 Å². The highest BCUT2D eigenvalue weighted by Gasteiger charge is 2.16. The first-order valence-electron chi connectivity index (χ1n) is 9.52. The van der Waals surface area contributed by atoms with Crippen LogP contribution >= 0.6 is 42.6 Å². The minimum atomic E-state index is -4.50. The molecule has 33 heavy (non-hydrogen) atoms. The Bertz CT molecular complexity index is 890.